The lowest BCUT2D eigenvalue weighted by molar-refractivity contribution is -0.0321. The van der Waals surface area contributed by atoms with E-state index in [1.807, 2.05) is 25.1 Å². The van der Waals surface area contributed by atoms with E-state index in [0.717, 1.165) is 18.0 Å². The molecule has 2 aromatic rings. The Labute approximate surface area is 140 Å². The third-order valence-corrected chi connectivity index (χ3v) is 4.03. The van der Waals surface area contributed by atoms with Gasteiger partial charge < -0.3 is 19.4 Å². The molecule has 0 radical (unpaired) electrons. The molecule has 3 rings (SSSR count). The average Bonchev–Trinajstić information content (AvgIpc) is 3.11. The van der Waals surface area contributed by atoms with E-state index in [-0.39, 0.29) is 12.0 Å². The van der Waals surface area contributed by atoms with Gasteiger partial charge in [-0.2, -0.15) is 0 Å². The molecule has 1 aromatic carbocycles. The van der Waals surface area contributed by atoms with E-state index in [9.17, 15) is 4.79 Å². The number of halogens is 1. The number of hydrogen-bond donors (Lipinski definition) is 1. The molecule has 122 valence electrons. The fourth-order valence-corrected chi connectivity index (χ4v) is 2.86. The summed E-state index contributed by atoms with van der Waals surface area (Å²) >= 11 is 6.07. The minimum atomic E-state index is -0.232. The lowest BCUT2D eigenvalue weighted by Crippen LogP contribution is -2.42. The minimum absolute atomic E-state index is 0.0525. The van der Waals surface area contributed by atoms with Crippen LogP contribution in [0.2, 0.25) is 5.02 Å². The molecule has 1 aromatic heterocycles. The topological polar surface area (TPSA) is 54.7 Å². The van der Waals surface area contributed by atoms with Gasteiger partial charge in [-0.25, -0.2) is 0 Å². The molecule has 23 heavy (non-hydrogen) atoms. The van der Waals surface area contributed by atoms with Crippen LogP contribution >= 0.6 is 11.6 Å². The van der Waals surface area contributed by atoms with E-state index in [1.54, 1.807) is 23.3 Å². The van der Waals surface area contributed by atoms with Crippen molar-refractivity contribution in [1.29, 1.82) is 0 Å². The van der Waals surface area contributed by atoms with Crippen molar-refractivity contribution in [3.63, 3.8) is 0 Å². The fourth-order valence-electron chi connectivity index (χ4n) is 2.69. The Kier molecular flexibility index (Phi) is 4.88. The Balaban J connectivity index is 1.81. The summed E-state index contributed by atoms with van der Waals surface area (Å²) in [5.41, 5.74) is 1.38. The molecule has 0 bridgehead atoms. The molecule has 6 heteroatoms. The van der Waals surface area contributed by atoms with Crippen LogP contribution in [0.3, 0.4) is 0 Å². The average molecular weight is 335 g/mol. The van der Waals surface area contributed by atoms with Crippen LogP contribution in [0.5, 0.6) is 0 Å². The van der Waals surface area contributed by atoms with Crippen LogP contribution in [0.1, 0.15) is 29.1 Å². The maximum absolute atomic E-state index is 12.9. The maximum atomic E-state index is 12.9. The van der Waals surface area contributed by atoms with Crippen molar-refractivity contribution in [3.8, 4) is 0 Å². The summed E-state index contributed by atoms with van der Waals surface area (Å²) in [6.07, 6.45) is 1.38. The molecular formula is C17H19ClN2O3. The summed E-state index contributed by atoms with van der Waals surface area (Å²) in [5, 5.41) is 3.75. The van der Waals surface area contributed by atoms with Crippen molar-refractivity contribution in [2.45, 2.75) is 13.0 Å². The molecule has 1 amide bonds. The second-order valence-electron chi connectivity index (χ2n) is 5.35. The molecule has 0 aliphatic carbocycles. The van der Waals surface area contributed by atoms with Crippen LogP contribution in [0, 0.1) is 0 Å². The Morgan fingerprint density at radius 1 is 1.43 bits per heavy atom. The standard InChI is InChI=1S/C17H19ClN2O3/c1-2-19-14-6-5-12(18)10-13(14)17(21)20-7-9-23-16(11-20)15-4-3-8-22-15/h3-6,8,10,16,19H,2,7,9,11H2,1H3/t16-/m0/s1. The van der Waals surface area contributed by atoms with E-state index >= 15 is 0 Å². The van der Waals surface area contributed by atoms with Gasteiger partial charge in [0.15, 0.2) is 0 Å². The lowest BCUT2D eigenvalue weighted by atomic mass is 10.1. The van der Waals surface area contributed by atoms with Crippen LogP contribution in [0.4, 0.5) is 5.69 Å². The highest BCUT2D eigenvalue weighted by molar-refractivity contribution is 6.31. The van der Waals surface area contributed by atoms with Crippen LogP contribution in [-0.4, -0.2) is 37.0 Å². The number of carbonyl (C=O) groups is 1. The lowest BCUT2D eigenvalue weighted by Gasteiger charge is -2.32. The summed E-state index contributed by atoms with van der Waals surface area (Å²) in [6.45, 7) is 4.22. The van der Waals surface area contributed by atoms with E-state index in [0.29, 0.717) is 30.3 Å². The van der Waals surface area contributed by atoms with E-state index in [1.165, 1.54) is 0 Å². The number of carbonyl (C=O) groups excluding carboxylic acids is 1. The first-order valence-corrected chi connectivity index (χ1v) is 8.04. The summed E-state index contributed by atoms with van der Waals surface area (Å²) in [6, 6.07) is 9.01. The number of rotatable bonds is 4. The quantitative estimate of drug-likeness (QED) is 0.928. The molecule has 2 heterocycles. The van der Waals surface area contributed by atoms with Crippen LogP contribution < -0.4 is 5.32 Å². The summed E-state index contributed by atoms with van der Waals surface area (Å²) in [5.74, 6) is 0.684. The molecule has 1 aliphatic rings. The normalized spacial score (nSPS) is 18.0. The number of nitrogens with zero attached hydrogens (tertiary/aromatic N) is 1. The van der Waals surface area contributed by atoms with Crippen molar-refractivity contribution in [1.82, 2.24) is 4.90 Å². The molecule has 0 spiro atoms. The molecule has 0 saturated carbocycles. The number of furan rings is 1. The first-order chi connectivity index (χ1) is 11.2. The number of hydrogen-bond acceptors (Lipinski definition) is 4. The largest absolute Gasteiger partial charge is 0.467 e. The third-order valence-electron chi connectivity index (χ3n) is 3.79. The minimum Gasteiger partial charge on any atom is -0.467 e. The van der Waals surface area contributed by atoms with Gasteiger partial charge in [-0.05, 0) is 37.3 Å². The zero-order chi connectivity index (χ0) is 16.2. The van der Waals surface area contributed by atoms with Crippen LogP contribution in [0.15, 0.2) is 41.0 Å². The SMILES string of the molecule is CCNc1ccc(Cl)cc1C(=O)N1CCO[C@H](c2ccco2)C1. The van der Waals surface area contributed by atoms with Crippen molar-refractivity contribution >= 4 is 23.2 Å². The number of anilines is 1. The Morgan fingerprint density at radius 2 is 2.30 bits per heavy atom. The summed E-state index contributed by atoms with van der Waals surface area (Å²) < 4.78 is 11.1. The van der Waals surface area contributed by atoms with Gasteiger partial charge in [0.25, 0.3) is 5.91 Å². The van der Waals surface area contributed by atoms with Gasteiger partial charge in [-0.15, -0.1) is 0 Å². The number of benzene rings is 1. The van der Waals surface area contributed by atoms with Crippen LogP contribution in [-0.2, 0) is 4.74 Å². The molecule has 1 atom stereocenters. The fraction of sp³-hybridized carbons (Fsp3) is 0.353. The van der Waals surface area contributed by atoms with Gasteiger partial charge in [0, 0.05) is 23.8 Å². The summed E-state index contributed by atoms with van der Waals surface area (Å²) in [4.78, 5) is 14.7. The summed E-state index contributed by atoms with van der Waals surface area (Å²) in [7, 11) is 0. The van der Waals surface area contributed by atoms with Gasteiger partial charge in [-0.1, -0.05) is 11.6 Å². The number of nitrogens with one attached hydrogen (secondary N) is 1. The monoisotopic (exact) mass is 334 g/mol. The van der Waals surface area contributed by atoms with Gasteiger partial charge >= 0.3 is 0 Å². The zero-order valence-electron chi connectivity index (χ0n) is 12.9. The molecule has 5 nitrogen and oxygen atoms in total. The molecule has 1 N–H and O–H groups in total. The van der Waals surface area contributed by atoms with E-state index < -0.39 is 0 Å². The first kappa shape index (κ1) is 15.9. The Hall–Kier alpha value is -1.98. The van der Waals surface area contributed by atoms with E-state index in [4.69, 9.17) is 20.8 Å². The highest BCUT2D eigenvalue weighted by Crippen LogP contribution is 2.26. The smallest absolute Gasteiger partial charge is 0.256 e. The second kappa shape index (κ2) is 7.06. The molecule has 1 saturated heterocycles. The number of ether oxygens (including phenoxy) is 1. The highest BCUT2D eigenvalue weighted by atomic mass is 35.5. The van der Waals surface area contributed by atoms with Gasteiger partial charge in [0.1, 0.15) is 11.9 Å². The van der Waals surface area contributed by atoms with Crippen molar-refractivity contribution in [2.24, 2.45) is 0 Å². The zero-order valence-corrected chi connectivity index (χ0v) is 13.7. The number of morpholine rings is 1. The van der Waals surface area contributed by atoms with Gasteiger partial charge in [0.05, 0.1) is 25.0 Å². The highest BCUT2D eigenvalue weighted by Gasteiger charge is 2.28. The van der Waals surface area contributed by atoms with Crippen molar-refractivity contribution < 1.29 is 13.9 Å². The van der Waals surface area contributed by atoms with Crippen molar-refractivity contribution in [2.75, 3.05) is 31.6 Å². The van der Waals surface area contributed by atoms with Gasteiger partial charge in [-0.3, -0.25) is 4.79 Å². The predicted molar refractivity (Wildman–Crippen MR) is 88.9 cm³/mol. The Bertz CT molecular complexity index is 672. The molecule has 0 unspecified atom stereocenters. The maximum Gasteiger partial charge on any atom is 0.256 e. The predicted octanol–water partition coefficient (Wildman–Crippen LogP) is 3.58. The van der Waals surface area contributed by atoms with E-state index in [2.05, 4.69) is 5.32 Å². The Morgan fingerprint density at radius 3 is 3.04 bits per heavy atom. The molecular weight excluding hydrogens is 316 g/mol. The molecule has 1 aliphatic heterocycles. The van der Waals surface area contributed by atoms with Crippen molar-refractivity contribution in [3.05, 3.63) is 52.9 Å². The van der Waals surface area contributed by atoms with Gasteiger partial charge in [0.2, 0.25) is 0 Å². The third kappa shape index (κ3) is 3.51. The first-order valence-electron chi connectivity index (χ1n) is 7.66. The molecule has 1 fully saturated rings. The number of amides is 1. The second-order valence-corrected chi connectivity index (χ2v) is 5.78. The van der Waals surface area contributed by atoms with Crippen LogP contribution in [0.25, 0.3) is 0 Å².